The first-order valence-corrected chi connectivity index (χ1v) is 23.3. The number of carbonyl (C=O) groups is 8. The number of aliphatic hydroxyl groups is 1. The second-order valence-corrected chi connectivity index (χ2v) is 18.9. The second-order valence-electron chi connectivity index (χ2n) is 16.6. The number of nitrogens with zero attached hydrogens (tertiary/aromatic N) is 1. The van der Waals surface area contributed by atoms with Gasteiger partial charge in [0.25, 0.3) is 27.3 Å². The van der Waals surface area contributed by atoms with E-state index in [1.165, 1.54) is 12.1 Å². The number of ether oxygens (including phenoxy) is 10. The van der Waals surface area contributed by atoms with Crippen molar-refractivity contribution in [3.8, 4) is 0 Å². The number of benzene rings is 3. The predicted octanol–water partition coefficient (Wildman–Crippen LogP) is 3.43. The van der Waals surface area contributed by atoms with Crippen LogP contribution in [-0.4, -0.2) is 149 Å². The van der Waals surface area contributed by atoms with Crippen molar-refractivity contribution in [1.82, 2.24) is 10.2 Å². The van der Waals surface area contributed by atoms with E-state index in [0.29, 0.717) is 11.1 Å². The van der Waals surface area contributed by atoms with Gasteiger partial charge in [0.05, 0.1) is 50.5 Å². The van der Waals surface area contributed by atoms with E-state index in [2.05, 4.69) is 5.32 Å². The molecule has 2 fully saturated rings. The predicted molar refractivity (Wildman–Crippen MR) is 247 cm³/mol. The van der Waals surface area contributed by atoms with E-state index in [1.807, 2.05) is 0 Å². The topological polar surface area (TPSA) is 264 Å². The maximum absolute atomic E-state index is 14.3. The fourth-order valence-corrected chi connectivity index (χ4v) is 8.57. The third kappa shape index (κ3) is 13.4. The van der Waals surface area contributed by atoms with Gasteiger partial charge >= 0.3 is 29.8 Å². The number of carbonyl (C=O) groups excluding carboxylic acids is 8. The average Bonchev–Trinajstić information content (AvgIpc) is 3.58. The number of hydrogen-bond donors (Lipinski definition) is 2. The lowest BCUT2D eigenvalue weighted by Crippen LogP contribution is -2.70. The van der Waals surface area contributed by atoms with E-state index >= 15 is 0 Å². The van der Waals surface area contributed by atoms with Crippen molar-refractivity contribution in [1.29, 1.82) is 0 Å². The molecule has 72 heavy (non-hydrogen) atoms. The summed E-state index contributed by atoms with van der Waals surface area (Å²) in [6, 6.07) is 20.4. The molecule has 24 heteroatoms. The van der Waals surface area contributed by atoms with E-state index in [-0.39, 0.29) is 24.3 Å². The summed E-state index contributed by atoms with van der Waals surface area (Å²) < 4.78 is 56.3. The molecule has 3 aliphatic rings. The summed E-state index contributed by atoms with van der Waals surface area (Å²) in [7, 11) is 0.939. The van der Waals surface area contributed by atoms with E-state index in [1.54, 1.807) is 72.8 Å². The zero-order valence-corrected chi connectivity index (χ0v) is 41.5. The van der Waals surface area contributed by atoms with Gasteiger partial charge in [-0.15, -0.1) is 0 Å². The lowest BCUT2D eigenvalue weighted by atomic mass is 9.87. The molecule has 3 heterocycles. The lowest BCUT2D eigenvalue weighted by Gasteiger charge is -2.50. The number of alkyl halides is 3. The normalized spacial score (nSPS) is 25.8. The summed E-state index contributed by atoms with van der Waals surface area (Å²) in [5, 5.41) is 14.8. The standard InChI is InChI=1S/C48H51Cl3N2O19/c1-25(54)64-23-35(69-27(3)56)39(70-28(4)57)40-36(52-45(61)48(49,50)51)33(68-26(2)55)20-47(72-40,46(62)63-5)67-24-34-38(58)41(65-21-29-14-8-6-9-15-29)37(44(71-34)66-22-30-16-10-7-11-17-30)53-42(59)31-18-12-13-19-32(31)43(53)60/h6-19,33-41,44,58H,20-24H2,1-5H3,(H,52,61)/t33-,34+,35+,36+,37+,38+,39+,40+,41+,44+,47+/m0/s1. The van der Waals surface area contributed by atoms with Crippen molar-refractivity contribution in [2.24, 2.45) is 0 Å². The molecular formula is C48H51Cl3N2O19. The van der Waals surface area contributed by atoms with Crippen LogP contribution in [0.25, 0.3) is 0 Å². The third-order valence-corrected chi connectivity index (χ3v) is 12.0. The first kappa shape index (κ1) is 55.6. The van der Waals surface area contributed by atoms with Gasteiger partial charge < -0.3 is 57.8 Å². The van der Waals surface area contributed by atoms with Crippen LogP contribution in [0.4, 0.5) is 0 Å². The van der Waals surface area contributed by atoms with Crippen molar-refractivity contribution in [2.75, 3.05) is 20.3 Å². The minimum Gasteiger partial charge on any atom is -0.465 e. The zero-order chi connectivity index (χ0) is 52.5. The molecule has 2 saturated heterocycles. The van der Waals surface area contributed by atoms with E-state index in [9.17, 15) is 43.5 Å². The maximum Gasteiger partial charge on any atom is 0.366 e. The van der Waals surface area contributed by atoms with Crippen LogP contribution in [0.1, 0.15) is 66.0 Å². The molecule has 6 rings (SSSR count). The Balaban J connectivity index is 1.45. The Bertz CT molecular complexity index is 2430. The molecule has 11 atom stereocenters. The van der Waals surface area contributed by atoms with Crippen LogP contribution in [-0.2, 0) is 89.3 Å². The Labute approximate surface area is 427 Å². The molecule has 2 N–H and O–H groups in total. The number of methoxy groups -OCH3 is 1. The Morgan fingerprint density at radius 2 is 1.35 bits per heavy atom. The van der Waals surface area contributed by atoms with Gasteiger partial charge in [0, 0.05) is 27.7 Å². The summed E-state index contributed by atoms with van der Waals surface area (Å²) >= 11 is 17.9. The van der Waals surface area contributed by atoms with Gasteiger partial charge in [-0.2, -0.15) is 0 Å². The number of fused-ring (bicyclic) bond motifs is 1. The summed E-state index contributed by atoms with van der Waals surface area (Å²) in [6.07, 6.45) is -15.0. The maximum atomic E-state index is 14.3. The first-order valence-electron chi connectivity index (χ1n) is 22.2. The van der Waals surface area contributed by atoms with Crippen LogP contribution in [0.15, 0.2) is 84.9 Å². The number of hydrogen-bond acceptors (Lipinski definition) is 19. The second kappa shape index (κ2) is 24.3. The van der Waals surface area contributed by atoms with Crippen LogP contribution >= 0.6 is 34.8 Å². The van der Waals surface area contributed by atoms with Gasteiger partial charge in [0.1, 0.15) is 43.2 Å². The highest BCUT2D eigenvalue weighted by Gasteiger charge is 2.61. The fraction of sp³-hybridized carbons (Fsp3) is 0.458. The lowest BCUT2D eigenvalue weighted by molar-refractivity contribution is -0.336. The summed E-state index contributed by atoms with van der Waals surface area (Å²) in [5.41, 5.74) is 1.44. The number of nitrogens with one attached hydrogen (secondary N) is 1. The van der Waals surface area contributed by atoms with Crippen molar-refractivity contribution in [2.45, 2.75) is 118 Å². The van der Waals surface area contributed by atoms with Crippen molar-refractivity contribution >= 4 is 82.4 Å². The van der Waals surface area contributed by atoms with Gasteiger partial charge in [-0.1, -0.05) is 108 Å². The number of halogens is 3. The average molecular weight is 1070 g/mol. The van der Waals surface area contributed by atoms with Crippen molar-refractivity contribution < 1.29 is 90.8 Å². The summed E-state index contributed by atoms with van der Waals surface area (Å²) in [5.74, 6) is -10.9. The quantitative estimate of drug-likeness (QED) is 0.0754. The van der Waals surface area contributed by atoms with Crippen molar-refractivity contribution in [3.63, 3.8) is 0 Å². The third-order valence-electron chi connectivity index (χ3n) is 11.5. The van der Waals surface area contributed by atoms with Gasteiger partial charge in [-0.3, -0.25) is 38.5 Å². The fourth-order valence-electron chi connectivity index (χ4n) is 8.40. The smallest absolute Gasteiger partial charge is 0.366 e. The molecule has 3 amide bonds. The first-order chi connectivity index (χ1) is 34.1. The highest BCUT2D eigenvalue weighted by atomic mass is 35.6. The van der Waals surface area contributed by atoms with Gasteiger partial charge in [0.15, 0.2) is 18.5 Å². The highest BCUT2D eigenvalue weighted by Crippen LogP contribution is 2.40. The number of rotatable bonds is 19. The van der Waals surface area contributed by atoms with Gasteiger partial charge in [0.2, 0.25) is 0 Å². The van der Waals surface area contributed by atoms with Crippen LogP contribution < -0.4 is 5.32 Å². The molecular weight excluding hydrogens is 1010 g/mol. The van der Waals surface area contributed by atoms with Gasteiger partial charge in [-0.05, 0) is 23.3 Å². The molecule has 0 radical (unpaired) electrons. The largest absolute Gasteiger partial charge is 0.465 e. The molecule has 0 bridgehead atoms. The van der Waals surface area contributed by atoms with Crippen LogP contribution in [0.5, 0.6) is 0 Å². The molecule has 0 saturated carbocycles. The van der Waals surface area contributed by atoms with Crippen molar-refractivity contribution in [3.05, 3.63) is 107 Å². The molecule has 0 aliphatic carbocycles. The Morgan fingerprint density at radius 3 is 1.86 bits per heavy atom. The summed E-state index contributed by atoms with van der Waals surface area (Å²) in [6.45, 7) is 1.91. The van der Waals surface area contributed by atoms with Crippen LogP contribution in [0, 0.1) is 0 Å². The molecule has 0 spiro atoms. The van der Waals surface area contributed by atoms with Crippen LogP contribution in [0.2, 0.25) is 0 Å². The van der Waals surface area contributed by atoms with E-state index in [0.717, 1.165) is 39.7 Å². The number of aliphatic hydroxyl groups excluding tert-OH is 1. The molecule has 0 unspecified atom stereocenters. The monoisotopic (exact) mass is 1060 g/mol. The van der Waals surface area contributed by atoms with E-state index < -0.39 is 138 Å². The number of imide groups is 1. The van der Waals surface area contributed by atoms with Crippen LogP contribution in [0.3, 0.4) is 0 Å². The minimum absolute atomic E-state index is 0.0802. The molecule has 21 nitrogen and oxygen atoms in total. The zero-order valence-electron chi connectivity index (χ0n) is 39.3. The SMILES string of the molecule is COC(=O)[C@@]1(OC[C@H]2O[C@@H](OCc3ccccc3)[C@H](N3C(=O)c4ccccc4C3=O)[C@@H](OCc3ccccc3)[C@@H]2O)C[C@H](OC(C)=O)[C@@H](NC(=O)C(Cl)(Cl)Cl)[C@H]([C@H](OC(C)=O)[C@@H](COC(C)=O)OC(C)=O)O1. The Morgan fingerprint density at radius 1 is 0.792 bits per heavy atom. The molecule has 3 aromatic carbocycles. The molecule has 388 valence electrons. The molecule has 3 aliphatic heterocycles. The summed E-state index contributed by atoms with van der Waals surface area (Å²) in [4.78, 5) is 107. The molecule has 3 aromatic rings. The highest BCUT2D eigenvalue weighted by molar-refractivity contribution is 6.76. The van der Waals surface area contributed by atoms with E-state index in [4.69, 9.17) is 82.2 Å². The van der Waals surface area contributed by atoms with Gasteiger partial charge in [-0.25, -0.2) is 4.79 Å². The number of esters is 5. The number of amides is 3. The minimum atomic E-state index is -2.81. The Hall–Kier alpha value is -5.75. The Kier molecular flexibility index (Phi) is 18.8. The molecule has 0 aromatic heterocycles.